The first-order valence-corrected chi connectivity index (χ1v) is 6.20. The minimum absolute atomic E-state index is 0.205. The fourth-order valence-corrected chi connectivity index (χ4v) is 2.56. The molecule has 3 rings (SSSR count). The standard InChI is InChI=1S/C12H13N5O4/c13-4-12(10(20)9(19)7(3-18)21-12)8-2-1-6-11(14)15-5-16-17(6)8/h1-2,5,7,9-10,18-20H,3H2,(H2,14,15,16)/t7-,9?,10?,12+/m1/s1. The molecule has 3 heterocycles. The summed E-state index contributed by atoms with van der Waals surface area (Å²) < 4.78 is 6.75. The smallest absolute Gasteiger partial charge is 0.225 e. The molecule has 0 amide bonds. The van der Waals surface area contributed by atoms with Crippen molar-refractivity contribution in [2.45, 2.75) is 23.9 Å². The van der Waals surface area contributed by atoms with Gasteiger partial charge in [0.1, 0.15) is 36.2 Å². The summed E-state index contributed by atoms with van der Waals surface area (Å²) in [5, 5.41) is 42.8. The number of ether oxygens (including phenoxy) is 1. The van der Waals surface area contributed by atoms with E-state index in [-0.39, 0.29) is 11.5 Å². The molecule has 1 saturated heterocycles. The van der Waals surface area contributed by atoms with Crippen LogP contribution in [0.15, 0.2) is 18.5 Å². The van der Waals surface area contributed by atoms with E-state index < -0.39 is 30.5 Å². The number of aliphatic hydroxyl groups is 3. The van der Waals surface area contributed by atoms with E-state index in [1.165, 1.54) is 16.9 Å². The van der Waals surface area contributed by atoms with E-state index in [1.807, 2.05) is 6.07 Å². The van der Waals surface area contributed by atoms with Gasteiger partial charge in [0.2, 0.25) is 5.60 Å². The largest absolute Gasteiger partial charge is 0.394 e. The van der Waals surface area contributed by atoms with Crippen LogP contribution >= 0.6 is 0 Å². The van der Waals surface area contributed by atoms with Crippen molar-refractivity contribution in [2.24, 2.45) is 0 Å². The Bertz CT molecular complexity index is 726. The molecule has 0 radical (unpaired) electrons. The average Bonchev–Trinajstić information content (AvgIpc) is 3.03. The van der Waals surface area contributed by atoms with Gasteiger partial charge in [-0.1, -0.05) is 0 Å². The third-order valence-electron chi connectivity index (χ3n) is 3.67. The number of fused-ring (bicyclic) bond motifs is 1. The Morgan fingerprint density at radius 3 is 2.86 bits per heavy atom. The van der Waals surface area contributed by atoms with Crippen molar-refractivity contribution in [3.63, 3.8) is 0 Å². The van der Waals surface area contributed by atoms with Crippen molar-refractivity contribution in [3.05, 3.63) is 24.2 Å². The lowest BCUT2D eigenvalue weighted by atomic mass is 9.92. The average molecular weight is 291 g/mol. The lowest BCUT2D eigenvalue weighted by Crippen LogP contribution is -2.40. The fraction of sp³-hybridized carbons (Fsp3) is 0.417. The zero-order chi connectivity index (χ0) is 15.2. The highest BCUT2D eigenvalue weighted by molar-refractivity contribution is 5.66. The summed E-state index contributed by atoms with van der Waals surface area (Å²) in [5.74, 6) is 0.205. The van der Waals surface area contributed by atoms with Gasteiger partial charge in [0.05, 0.1) is 12.3 Å². The highest BCUT2D eigenvalue weighted by Crippen LogP contribution is 2.40. The summed E-state index contributed by atoms with van der Waals surface area (Å²) in [5.41, 5.74) is 4.52. The van der Waals surface area contributed by atoms with Crippen molar-refractivity contribution in [2.75, 3.05) is 12.3 Å². The van der Waals surface area contributed by atoms with E-state index in [4.69, 9.17) is 10.5 Å². The molecule has 4 atom stereocenters. The summed E-state index contributed by atoms with van der Waals surface area (Å²) in [7, 11) is 0. The SMILES string of the molecule is N#C[C@@]1(c2ccc3c(N)ncnn23)O[C@H](CO)C(O)C1O. The molecule has 0 saturated carbocycles. The van der Waals surface area contributed by atoms with Crippen LogP contribution in [0.25, 0.3) is 5.52 Å². The molecule has 9 nitrogen and oxygen atoms in total. The third-order valence-corrected chi connectivity index (χ3v) is 3.67. The topological polar surface area (TPSA) is 150 Å². The van der Waals surface area contributed by atoms with Crippen LogP contribution in [0.4, 0.5) is 5.82 Å². The van der Waals surface area contributed by atoms with E-state index in [0.29, 0.717) is 5.52 Å². The molecule has 1 aliphatic heterocycles. The Hall–Kier alpha value is -2.25. The Morgan fingerprint density at radius 1 is 1.48 bits per heavy atom. The maximum Gasteiger partial charge on any atom is 0.225 e. The van der Waals surface area contributed by atoms with Crippen molar-refractivity contribution >= 4 is 11.3 Å². The molecule has 2 unspecified atom stereocenters. The van der Waals surface area contributed by atoms with Crippen molar-refractivity contribution in [1.29, 1.82) is 5.26 Å². The summed E-state index contributed by atoms with van der Waals surface area (Å²) in [6.07, 6.45) is -2.78. The third kappa shape index (κ3) is 1.71. The van der Waals surface area contributed by atoms with Gasteiger partial charge in [-0.25, -0.2) is 9.50 Å². The van der Waals surface area contributed by atoms with Gasteiger partial charge in [0, 0.05) is 0 Å². The first kappa shape index (κ1) is 13.7. The van der Waals surface area contributed by atoms with Gasteiger partial charge in [0.25, 0.3) is 0 Å². The number of rotatable bonds is 2. The second kappa shape index (κ2) is 4.64. The molecule has 5 N–H and O–H groups in total. The molecular weight excluding hydrogens is 278 g/mol. The lowest BCUT2D eigenvalue weighted by Gasteiger charge is -2.24. The Morgan fingerprint density at radius 2 is 2.24 bits per heavy atom. The Balaban J connectivity index is 2.20. The maximum absolute atomic E-state index is 10.2. The van der Waals surface area contributed by atoms with Crippen molar-refractivity contribution in [3.8, 4) is 6.07 Å². The van der Waals surface area contributed by atoms with Gasteiger partial charge in [-0.3, -0.25) is 0 Å². The summed E-state index contributed by atoms with van der Waals surface area (Å²) in [4.78, 5) is 3.83. The summed E-state index contributed by atoms with van der Waals surface area (Å²) in [6.45, 7) is -0.526. The number of nitriles is 1. The van der Waals surface area contributed by atoms with Crippen LogP contribution in [0, 0.1) is 11.3 Å². The first-order chi connectivity index (χ1) is 10.0. The van der Waals surface area contributed by atoms with Crippen LogP contribution in [-0.2, 0) is 10.3 Å². The number of hydrogen-bond acceptors (Lipinski definition) is 8. The zero-order valence-corrected chi connectivity index (χ0v) is 10.8. The molecule has 0 spiro atoms. The fourth-order valence-electron chi connectivity index (χ4n) is 2.56. The number of hydrogen-bond donors (Lipinski definition) is 4. The highest BCUT2D eigenvalue weighted by atomic mass is 16.6. The lowest BCUT2D eigenvalue weighted by molar-refractivity contribution is -0.0643. The molecule has 2 aromatic heterocycles. The normalized spacial score (nSPS) is 32.4. The Kier molecular flexibility index (Phi) is 3.03. The second-order valence-corrected chi connectivity index (χ2v) is 4.78. The molecule has 2 aromatic rings. The molecule has 0 aromatic carbocycles. The zero-order valence-electron chi connectivity index (χ0n) is 10.8. The number of nitrogen functional groups attached to an aromatic ring is 1. The number of nitrogens with two attached hydrogens (primary N) is 1. The molecule has 0 bridgehead atoms. The minimum Gasteiger partial charge on any atom is -0.394 e. The van der Waals surface area contributed by atoms with Crippen molar-refractivity contribution in [1.82, 2.24) is 14.6 Å². The van der Waals surface area contributed by atoms with Crippen molar-refractivity contribution < 1.29 is 20.1 Å². The van der Waals surface area contributed by atoms with E-state index in [1.54, 1.807) is 6.07 Å². The number of aliphatic hydroxyl groups excluding tert-OH is 3. The van der Waals surface area contributed by atoms with Crippen LogP contribution in [0.3, 0.4) is 0 Å². The summed E-state index contributed by atoms with van der Waals surface area (Å²) in [6, 6.07) is 4.97. The van der Waals surface area contributed by atoms with E-state index in [9.17, 15) is 20.6 Å². The van der Waals surface area contributed by atoms with Crippen LogP contribution < -0.4 is 5.73 Å². The van der Waals surface area contributed by atoms with Crippen LogP contribution in [0.2, 0.25) is 0 Å². The van der Waals surface area contributed by atoms with Gasteiger partial charge < -0.3 is 25.8 Å². The first-order valence-electron chi connectivity index (χ1n) is 6.20. The van der Waals surface area contributed by atoms with Gasteiger partial charge in [-0.15, -0.1) is 0 Å². The van der Waals surface area contributed by atoms with Gasteiger partial charge in [-0.05, 0) is 12.1 Å². The molecule has 0 aliphatic carbocycles. The van der Waals surface area contributed by atoms with E-state index >= 15 is 0 Å². The number of aromatic nitrogens is 3. The molecule has 1 aliphatic rings. The van der Waals surface area contributed by atoms with Gasteiger partial charge in [0.15, 0.2) is 5.82 Å². The van der Waals surface area contributed by atoms with Crippen LogP contribution in [-0.4, -0.2) is 54.8 Å². The van der Waals surface area contributed by atoms with Gasteiger partial charge in [-0.2, -0.15) is 10.4 Å². The van der Waals surface area contributed by atoms with Gasteiger partial charge >= 0.3 is 0 Å². The second-order valence-electron chi connectivity index (χ2n) is 4.78. The minimum atomic E-state index is -1.85. The molecule has 110 valence electrons. The maximum atomic E-state index is 10.2. The van der Waals surface area contributed by atoms with E-state index in [2.05, 4.69) is 10.1 Å². The predicted molar refractivity (Wildman–Crippen MR) is 68.7 cm³/mol. The molecule has 9 heteroatoms. The van der Waals surface area contributed by atoms with E-state index in [0.717, 1.165) is 0 Å². The predicted octanol–water partition coefficient (Wildman–Crippen LogP) is -1.86. The molecule has 21 heavy (non-hydrogen) atoms. The quantitative estimate of drug-likeness (QED) is 0.503. The summed E-state index contributed by atoms with van der Waals surface area (Å²) >= 11 is 0. The Labute approximate surface area is 118 Å². The van der Waals surface area contributed by atoms with Crippen LogP contribution in [0.1, 0.15) is 5.69 Å². The molecule has 1 fully saturated rings. The highest BCUT2D eigenvalue weighted by Gasteiger charge is 2.57. The monoisotopic (exact) mass is 291 g/mol. The van der Waals surface area contributed by atoms with Crippen LogP contribution in [0.5, 0.6) is 0 Å². The number of nitrogens with zero attached hydrogens (tertiary/aromatic N) is 4. The molecular formula is C12H13N5O4. The number of anilines is 1.